The Bertz CT molecular complexity index is 931. The Morgan fingerprint density at radius 1 is 1.00 bits per heavy atom. The van der Waals surface area contributed by atoms with Crippen LogP contribution in [0.4, 0.5) is 15.3 Å². The van der Waals surface area contributed by atoms with E-state index < -0.39 is 18.0 Å². The number of carbonyl (C=O) groups is 2. The monoisotopic (exact) mass is 382 g/mol. The molecule has 0 spiro atoms. The second-order valence-corrected chi connectivity index (χ2v) is 5.83. The van der Waals surface area contributed by atoms with Crippen molar-refractivity contribution in [1.82, 2.24) is 4.90 Å². The van der Waals surface area contributed by atoms with Gasteiger partial charge in [-0.2, -0.15) is 14.9 Å². The predicted molar refractivity (Wildman–Crippen MR) is 102 cm³/mol. The molecule has 1 heterocycles. The first kappa shape index (κ1) is 18.9. The summed E-state index contributed by atoms with van der Waals surface area (Å²) in [6.45, 7) is 1.63. The van der Waals surface area contributed by atoms with Crippen molar-refractivity contribution in [2.45, 2.75) is 12.7 Å². The molecule has 2 amide bonds. The lowest BCUT2D eigenvalue weighted by molar-refractivity contribution is 0.0722. The number of ether oxygens (including phenoxy) is 1. The summed E-state index contributed by atoms with van der Waals surface area (Å²) >= 11 is 0. The second-order valence-electron chi connectivity index (χ2n) is 5.83. The van der Waals surface area contributed by atoms with Gasteiger partial charge in [-0.15, -0.1) is 0 Å². The summed E-state index contributed by atoms with van der Waals surface area (Å²) < 4.78 is 5.16. The maximum atomic E-state index is 12.1. The van der Waals surface area contributed by atoms with Crippen molar-refractivity contribution >= 4 is 29.7 Å². The molecule has 9 heteroatoms. The average molecular weight is 382 g/mol. The molecule has 2 N–H and O–H groups in total. The third-order valence-electron chi connectivity index (χ3n) is 4.20. The maximum absolute atomic E-state index is 12.1. The number of amidine groups is 2. The second kappa shape index (κ2) is 7.39. The third-order valence-corrected chi connectivity index (χ3v) is 4.20. The van der Waals surface area contributed by atoms with E-state index in [1.807, 2.05) is 0 Å². The topological polar surface area (TPSA) is 115 Å². The summed E-state index contributed by atoms with van der Waals surface area (Å²) in [5.74, 6) is -1.69. The molecule has 0 bridgehead atoms. The minimum Gasteiger partial charge on any atom is -0.467 e. The van der Waals surface area contributed by atoms with Crippen molar-refractivity contribution in [2.75, 3.05) is 12.0 Å². The minimum absolute atomic E-state index is 0.138. The van der Waals surface area contributed by atoms with Crippen molar-refractivity contribution in [3.8, 4) is 0 Å². The van der Waals surface area contributed by atoms with Crippen LogP contribution < -0.4 is 4.90 Å². The van der Waals surface area contributed by atoms with Gasteiger partial charge in [-0.25, -0.2) is 9.59 Å². The molecule has 9 nitrogen and oxygen atoms in total. The highest BCUT2D eigenvalue weighted by Crippen LogP contribution is 2.40. The summed E-state index contributed by atoms with van der Waals surface area (Å²) in [5, 5.41) is 19.6. The fraction of sp³-hybridized carbons (Fsp3) is 0.158. The van der Waals surface area contributed by atoms with Crippen LogP contribution in [0.3, 0.4) is 0 Å². The summed E-state index contributed by atoms with van der Waals surface area (Å²) in [7, 11) is 1.33. The van der Waals surface area contributed by atoms with Crippen molar-refractivity contribution in [1.29, 1.82) is 0 Å². The lowest BCUT2D eigenvalue weighted by atomic mass is 10.0. The van der Waals surface area contributed by atoms with E-state index in [0.717, 1.165) is 0 Å². The number of benzene rings is 2. The summed E-state index contributed by atoms with van der Waals surface area (Å²) in [6.07, 6.45) is -3.38. The van der Waals surface area contributed by atoms with Crippen LogP contribution in [0.5, 0.6) is 0 Å². The molecule has 0 aliphatic carbocycles. The van der Waals surface area contributed by atoms with Gasteiger partial charge in [0.1, 0.15) is 5.84 Å². The molecule has 0 saturated heterocycles. The number of methoxy groups -OCH3 is 1. The number of para-hydroxylation sites is 1. The SMILES string of the molecule is COC1=NC(c2ccccc2)(N(C(=O)O)C(=O)O)N(c2ccccc2)C(C)=N1. The van der Waals surface area contributed by atoms with Gasteiger partial charge in [-0.1, -0.05) is 48.5 Å². The van der Waals surface area contributed by atoms with Gasteiger partial charge < -0.3 is 14.9 Å². The van der Waals surface area contributed by atoms with Crippen LogP contribution in [-0.4, -0.2) is 46.3 Å². The van der Waals surface area contributed by atoms with E-state index in [-0.39, 0.29) is 10.9 Å². The lowest BCUT2D eigenvalue weighted by Crippen LogP contribution is -2.63. The molecule has 144 valence electrons. The fourth-order valence-corrected chi connectivity index (χ4v) is 3.14. The molecule has 0 saturated carbocycles. The van der Waals surface area contributed by atoms with Gasteiger partial charge in [0.05, 0.1) is 7.11 Å². The number of anilines is 1. The summed E-state index contributed by atoms with van der Waals surface area (Å²) in [6, 6.07) is 16.9. The quantitative estimate of drug-likeness (QED) is 0.841. The van der Waals surface area contributed by atoms with Crippen LogP contribution in [0, 0.1) is 0 Å². The average Bonchev–Trinajstić information content (AvgIpc) is 2.68. The minimum atomic E-state index is -2.00. The normalized spacial score (nSPS) is 18.7. The number of carboxylic acid groups (broad SMARTS) is 2. The molecule has 1 atom stereocenters. The molecule has 1 unspecified atom stereocenters. The Balaban J connectivity index is 2.41. The first-order chi connectivity index (χ1) is 13.4. The van der Waals surface area contributed by atoms with Gasteiger partial charge in [0.15, 0.2) is 0 Å². The van der Waals surface area contributed by atoms with Crippen LogP contribution in [-0.2, 0) is 10.5 Å². The fourth-order valence-electron chi connectivity index (χ4n) is 3.14. The summed E-state index contributed by atoms with van der Waals surface area (Å²) in [5.41, 5.74) is 0.825. The standard InChI is InChI=1S/C19H18N4O5/c1-13-20-16(28-2)21-19(14-9-5-3-6-10-14,23(17(24)25)18(26)27)22(13)15-11-7-4-8-12-15/h3-12H,1-2H3,(H,24,25)(H,26,27). The van der Waals surface area contributed by atoms with E-state index in [1.165, 1.54) is 12.0 Å². The molecule has 1 aliphatic rings. The van der Waals surface area contributed by atoms with Gasteiger partial charge >= 0.3 is 18.2 Å². The van der Waals surface area contributed by atoms with E-state index in [2.05, 4.69) is 9.98 Å². The van der Waals surface area contributed by atoms with Gasteiger partial charge in [-0.3, -0.25) is 4.90 Å². The molecule has 0 radical (unpaired) electrons. The van der Waals surface area contributed by atoms with E-state index in [1.54, 1.807) is 67.6 Å². The molecule has 0 fully saturated rings. The molecular formula is C19H18N4O5. The number of hydrogen-bond donors (Lipinski definition) is 2. The number of rotatable bonds is 3. The van der Waals surface area contributed by atoms with Crippen LogP contribution in [0.1, 0.15) is 12.5 Å². The predicted octanol–water partition coefficient (Wildman–Crippen LogP) is 3.40. The molecule has 28 heavy (non-hydrogen) atoms. The molecule has 0 aromatic heterocycles. The molecule has 2 aromatic carbocycles. The zero-order valence-electron chi connectivity index (χ0n) is 15.2. The van der Waals surface area contributed by atoms with Gasteiger partial charge in [-0.05, 0) is 19.1 Å². The number of aliphatic imine (C=N–C) groups is 2. The first-order valence-electron chi connectivity index (χ1n) is 8.28. The van der Waals surface area contributed by atoms with Crippen LogP contribution >= 0.6 is 0 Å². The number of amides is 2. The molecule has 2 aromatic rings. The Kier molecular flexibility index (Phi) is 4.99. The Labute approximate surface area is 160 Å². The van der Waals surface area contributed by atoms with Crippen LogP contribution in [0.25, 0.3) is 0 Å². The third kappa shape index (κ3) is 3.02. The van der Waals surface area contributed by atoms with Crippen molar-refractivity contribution < 1.29 is 24.5 Å². The van der Waals surface area contributed by atoms with Crippen molar-refractivity contribution in [2.24, 2.45) is 9.98 Å². The Hall–Kier alpha value is -3.88. The first-order valence-corrected chi connectivity index (χ1v) is 8.28. The number of hydrogen-bond acceptors (Lipinski definition) is 6. The number of imide groups is 1. The van der Waals surface area contributed by atoms with E-state index in [4.69, 9.17) is 4.74 Å². The van der Waals surface area contributed by atoms with E-state index >= 15 is 0 Å². The Morgan fingerprint density at radius 3 is 2.04 bits per heavy atom. The summed E-state index contributed by atoms with van der Waals surface area (Å²) in [4.78, 5) is 34.4. The van der Waals surface area contributed by atoms with Crippen molar-refractivity contribution in [3.63, 3.8) is 0 Å². The largest absolute Gasteiger partial charge is 0.467 e. The van der Waals surface area contributed by atoms with E-state index in [0.29, 0.717) is 17.1 Å². The number of nitrogens with zero attached hydrogens (tertiary/aromatic N) is 4. The Morgan fingerprint density at radius 2 is 1.54 bits per heavy atom. The van der Waals surface area contributed by atoms with Gasteiger partial charge in [0.25, 0.3) is 5.79 Å². The van der Waals surface area contributed by atoms with Gasteiger partial charge in [0.2, 0.25) is 0 Å². The van der Waals surface area contributed by atoms with Gasteiger partial charge in [0, 0.05) is 11.3 Å². The highest BCUT2D eigenvalue weighted by atomic mass is 16.5. The van der Waals surface area contributed by atoms with Crippen LogP contribution in [0.2, 0.25) is 0 Å². The zero-order chi connectivity index (χ0) is 20.3. The highest BCUT2D eigenvalue weighted by molar-refractivity contribution is 6.07. The molecule has 1 aliphatic heterocycles. The van der Waals surface area contributed by atoms with Crippen molar-refractivity contribution in [3.05, 3.63) is 66.2 Å². The van der Waals surface area contributed by atoms with E-state index in [9.17, 15) is 19.8 Å². The maximum Gasteiger partial charge on any atom is 0.420 e. The van der Waals surface area contributed by atoms with Crippen LogP contribution in [0.15, 0.2) is 70.6 Å². The zero-order valence-corrected chi connectivity index (χ0v) is 15.2. The lowest BCUT2D eigenvalue weighted by Gasteiger charge is -2.46. The molecule has 3 rings (SSSR count). The highest BCUT2D eigenvalue weighted by Gasteiger charge is 2.54. The molecular weight excluding hydrogens is 364 g/mol. The smallest absolute Gasteiger partial charge is 0.420 e.